The van der Waals surface area contributed by atoms with E-state index in [0.29, 0.717) is 11.6 Å². The SMILES string of the molecule is CCOC(=O)c1ccccc1NC(=O)c1ccc(N2CCC[C@H](C)C2)c([N+](=O)[O-])c1. The summed E-state index contributed by atoms with van der Waals surface area (Å²) in [5.41, 5.74) is 1.08. The number of hydrogen-bond acceptors (Lipinski definition) is 6. The van der Waals surface area contributed by atoms with Crippen molar-refractivity contribution in [1.29, 1.82) is 0 Å². The lowest BCUT2D eigenvalue weighted by Crippen LogP contribution is -2.34. The number of ether oxygens (including phenoxy) is 1. The van der Waals surface area contributed by atoms with Gasteiger partial charge in [0, 0.05) is 24.7 Å². The molecule has 3 rings (SSSR count). The fourth-order valence-electron chi connectivity index (χ4n) is 3.66. The summed E-state index contributed by atoms with van der Waals surface area (Å²) in [6.07, 6.45) is 2.08. The van der Waals surface area contributed by atoms with Crippen LogP contribution in [0.1, 0.15) is 47.4 Å². The van der Waals surface area contributed by atoms with Crippen molar-refractivity contribution in [3.63, 3.8) is 0 Å². The number of nitro groups is 1. The summed E-state index contributed by atoms with van der Waals surface area (Å²) in [5.74, 6) is -0.622. The summed E-state index contributed by atoms with van der Waals surface area (Å²) >= 11 is 0. The third-order valence-electron chi connectivity index (χ3n) is 5.10. The molecule has 2 aromatic rings. The molecule has 0 bridgehead atoms. The van der Waals surface area contributed by atoms with Crippen LogP contribution in [0.4, 0.5) is 17.1 Å². The van der Waals surface area contributed by atoms with Gasteiger partial charge in [-0.3, -0.25) is 14.9 Å². The van der Waals surface area contributed by atoms with Gasteiger partial charge in [0.05, 0.1) is 22.8 Å². The van der Waals surface area contributed by atoms with Crippen LogP contribution in [0, 0.1) is 16.0 Å². The predicted octanol–water partition coefficient (Wildman–Crippen LogP) is 4.26. The van der Waals surface area contributed by atoms with Crippen LogP contribution >= 0.6 is 0 Å². The first-order chi connectivity index (χ1) is 14.4. The highest BCUT2D eigenvalue weighted by Crippen LogP contribution is 2.32. The van der Waals surface area contributed by atoms with E-state index >= 15 is 0 Å². The van der Waals surface area contributed by atoms with Crippen LogP contribution < -0.4 is 10.2 Å². The summed E-state index contributed by atoms with van der Waals surface area (Å²) in [6.45, 7) is 5.54. The molecule has 1 saturated heterocycles. The molecule has 0 spiro atoms. The van der Waals surface area contributed by atoms with Crippen LogP contribution in [-0.2, 0) is 4.74 Å². The zero-order chi connectivity index (χ0) is 21.7. The molecule has 0 unspecified atom stereocenters. The number of anilines is 2. The van der Waals surface area contributed by atoms with Gasteiger partial charge >= 0.3 is 5.97 Å². The van der Waals surface area contributed by atoms with Crippen molar-refractivity contribution in [3.8, 4) is 0 Å². The van der Waals surface area contributed by atoms with Crippen molar-refractivity contribution >= 4 is 28.9 Å². The molecular formula is C22H25N3O5. The molecule has 8 heteroatoms. The van der Waals surface area contributed by atoms with Crippen LogP contribution in [0.3, 0.4) is 0 Å². The molecule has 1 fully saturated rings. The molecule has 158 valence electrons. The number of nitrogens with zero attached hydrogens (tertiary/aromatic N) is 2. The Balaban J connectivity index is 1.86. The maximum atomic E-state index is 12.8. The van der Waals surface area contributed by atoms with Gasteiger partial charge in [0.15, 0.2) is 0 Å². The minimum Gasteiger partial charge on any atom is -0.462 e. The van der Waals surface area contributed by atoms with Gasteiger partial charge < -0.3 is 15.0 Å². The molecule has 0 aliphatic carbocycles. The molecule has 1 aliphatic heterocycles. The van der Waals surface area contributed by atoms with E-state index in [-0.39, 0.29) is 29.1 Å². The molecule has 1 amide bonds. The Hall–Kier alpha value is -3.42. The van der Waals surface area contributed by atoms with Crippen molar-refractivity contribution in [2.45, 2.75) is 26.7 Å². The van der Waals surface area contributed by atoms with E-state index < -0.39 is 16.8 Å². The Morgan fingerprint density at radius 3 is 2.73 bits per heavy atom. The van der Waals surface area contributed by atoms with Gasteiger partial charge in [-0.15, -0.1) is 0 Å². The number of amides is 1. The van der Waals surface area contributed by atoms with Crippen LogP contribution in [0.25, 0.3) is 0 Å². The fraction of sp³-hybridized carbons (Fsp3) is 0.364. The van der Waals surface area contributed by atoms with Crippen LogP contribution in [0.15, 0.2) is 42.5 Å². The first kappa shape index (κ1) is 21.3. The number of nitro benzene ring substituents is 1. The van der Waals surface area contributed by atoms with Crippen molar-refractivity contribution in [1.82, 2.24) is 0 Å². The predicted molar refractivity (Wildman–Crippen MR) is 114 cm³/mol. The van der Waals surface area contributed by atoms with Crippen molar-refractivity contribution in [2.24, 2.45) is 5.92 Å². The standard InChI is InChI=1S/C22H25N3O5/c1-3-30-22(27)17-8-4-5-9-18(17)23-21(26)16-10-11-19(20(13-16)25(28)29)24-12-6-7-15(2)14-24/h4-5,8-11,13,15H,3,6-7,12,14H2,1-2H3,(H,23,26)/t15-/m0/s1. The summed E-state index contributed by atoms with van der Waals surface area (Å²) in [7, 11) is 0. The summed E-state index contributed by atoms with van der Waals surface area (Å²) in [6, 6.07) is 11.0. The summed E-state index contributed by atoms with van der Waals surface area (Å²) in [5, 5.41) is 14.3. The summed E-state index contributed by atoms with van der Waals surface area (Å²) in [4.78, 5) is 38.1. The maximum absolute atomic E-state index is 12.8. The second kappa shape index (κ2) is 9.39. The van der Waals surface area contributed by atoms with Crippen LogP contribution in [0.5, 0.6) is 0 Å². The number of esters is 1. The minimum atomic E-state index is -0.547. The third-order valence-corrected chi connectivity index (χ3v) is 5.10. The van der Waals surface area contributed by atoms with Crippen LogP contribution in [-0.4, -0.2) is 36.5 Å². The Morgan fingerprint density at radius 2 is 2.03 bits per heavy atom. The number of hydrogen-bond donors (Lipinski definition) is 1. The lowest BCUT2D eigenvalue weighted by Gasteiger charge is -2.32. The molecule has 1 heterocycles. The summed E-state index contributed by atoms with van der Waals surface area (Å²) < 4.78 is 5.01. The monoisotopic (exact) mass is 411 g/mol. The van der Waals surface area contributed by atoms with Crippen molar-refractivity contribution < 1.29 is 19.2 Å². The second-order valence-electron chi connectivity index (χ2n) is 7.37. The number of para-hydroxylation sites is 1. The van der Waals surface area contributed by atoms with Gasteiger partial charge in [0.1, 0.15) is 5.69 Å². The number of rotatable bonds is 6. The first-order valence-electron chi connectivity index (χ1n) is 10.0. The molecule has 0 aromatic heterocycles. The van der Waals surface area contributed by atoms with Crippen molar-refractivity contribution in [3.05, 3.63) is 63.7 Å². The van der Waals surface area contributed by atoms with Gasteiger partial charge in [-0.2, -0.15) is 0 Å². The van der Waals surface area contributed by atoms with E-state index in [9.17, 15) is 19.7 Å². The van der Waals surface area contributed by atoms with Crippen molar-refractivity contribution in [2.75, 3.05) is 29.9 Å². The van der Waals surface area contributed by atoms with E-state index in [1.54, 1.807) is 43.3 Å². The second-order valence-corrected chi connectivity index (χ2v) is 7.37. The molecule has 0 radical (unpaired) electrons. The van der Waals surface area contributed by atoms with Gasteiger partial charge in [0.25, 0.3) is 11.6 Å². The maximum Gasteiger partial charge on any atom is 0.340 e. The molecule has 1 aliphatic rings. The number of benzene rings is 2. The Bertz CT molecular complexity index is 960. The van der Waals surface area contributed by atoms with Gasteiger partial charge in [-0.25, -0.2) is 4.79 Å². The van der Waals surface area contributed by atoms with E-state index in [0.717, 1.165) is 25.9 Å². The average molecular weight is 411 g/mol. The number of carbonyl (C=O) groups excluding carboxylic acids is 2. The highest BCUT2D eigenvalue weighted by Gasteiger charge is 2.25. The molecule has 1 N–H and O–H groups in total. The van der Waals surface area contributed by atoms with Crippen LogP contribution in [0.2, 0.25) is 0 Å². The zero-order valence-electron chi connectivity index (χ0n) is 17.1. The molecule has 1 atom stereocenters. The lowest BCUT2D eigenvalue weighted by atomic mass is 9.99. The lowest BCUT2D eigenvalue weighted by molar-refractivity contribution is -0.384. The largest absolute Gasteiger partial charge is 0.462 e. The highest BCUT2D eigenvalue weighted by molar-refractivity contribution is 6.08. The van der Waals surface area contributed by atoms with Gasteiger partial charge in [0.2, 0.25) is 0 Å². The smallest absolute Gasteiger partial charge is 0.340 e. The molecule has 8 nitrogen and oxygen atoms in total. The number of nitrogens with one attached hydrogen (secondary N) is 1. The van der Waals surface area contributed by atoms with E-state index in [2.05, 4.69) is 12.2 Å². The van der Waals surface area contributed by atoms with Gasteiger partial charge in [-0.05, 0) is 49.9 Å². The molecule has 30 heavy (non-hydrogen) atoms. The molecule has 2 aromatic carbocycles. The number of carbonyl (C=O) groups is 2. The number of piperidine rings is 1. The fourth-order valence-corrected chi connectivity index (χ4v) is 3.66. The first-order valence-corrected chi connectivity index (χ1v) is 10.0. The highest BCUT2D eigenvalue weighted by atomic mass is 16.6. The Morgan fingerprint density at radius 1 is 1.27 bits per heavy atom. The minimum absolute atomic E-state index is 0.101. The quantitative estimate of drug-likeness (QED) is 0.433. The molecule has 0 saturated carbocycles. The average Bonchev–Trinajstić information content (AvgIpc) is 2.73. The Labute approximate surface area is 175 Å². The van der Waals surface area contributed by atoms with E-state index in [4.69, 9.17) is 4.74 Å². The molecular weight excluding hydrogens is 386 g/mol. The topological polar surface area (TPSA) is 102 Å². The Kier molecular flexibility index (Phi) is 6.66. The zero-order valence-corrected chi connectivity index (χ0v) is 17.1. The third kappa shape index (κ3) is 4.76. The van der Waals surface area contributed by atoms with E-state index in [1.807, 2.05) is 4.90 Å². The van der Waals surface area contributed by atoms with Gasteiger partial charge in [-0.1, -0.05) is 19.1 Å². The van der Waals surface area contributed by atoms with E-state index in [1.165, 1.54) is 6.07 Å². The normalized spacial score (nSPS) is 16.1.